The molecule has 2 unspecified atom stereocenters. The predicted octanol–water partition coefficient (Wildman–Crippen LogP) is 4.04. The van der Waals surface area contributed by atoms with Crippen LogP contribution in [0.3, 0.4) is 0 Å². The smallest absolute Gasteiger partial charge is 0.228 e. The van der Waals surface area contributed by atoms with Gasteiger partial charge in [-0.2, -0.15) is 0 Å². The molecule has 0 radical (unpaired) electrons. The summed E-state index contributed by atoms with van der Waals surface area (Å²) in [6, 6.07) is 11.0. The summed E-state index contributed by atoms with van der Waals surface area (Å²) in [6.45, 7) is 2.40. The second-order valence-electron chi connectivity index (χ2n) is 7.05. The number of hydrogen-bond donors (Lipinski definition) is 0. The molecule has 5 nitrogen and oxygen atoms in total. The van der Waals surface area contributed by atoms with E-state index in [-0.39, 0.29) is 36.2 Å². The van der Waals surface area contributed by atoms with Crippen molar-refractivity contribution < 1.29 is 14.0 Å². The van der Waals surface area contributed by atoms with Gasteiger partial charge in [0.1, 0.15) is 5.76 Å². The van der Waals surface area contributed by atoms with Crippen molar-refractivity contribution >= 4 is 29.1 Å². The lowest BCUT2D eigenvalue weighted by molar-refractivity contribution is -0.139. The van der Waals surface area contributed by atoms with E-state index in [2.05, 4.69) is 0 Å². The fraction of sp³-hybridized carbons (Fsp3) is 0.400. The highest BCUT2D eigenvalue weighted by Gasteiger charge is 2.43. The van der Waals surface area contributed by atoms with Gasteiger partial charge in [0.15, 0.2) is 0 Å². The van der Waals surface area contributed by atoms with Gasteiger partial charge in [0.25, 0.3) is 0 Å². The summed E-state index contributed by atoms with van der Waals surface area (Å²) in [5.74, 6) is 0.480. The summed E-state index contributed by atoms with van der Waals surface area (Å²) < 4.78 is 5.51. The predicted molar refractivity (Wildman–Crippen MR) is 98.9 cm³/mol. The van der Waals surface area contributed by atoms with Crippen LogP contribution in [0.5, 0.6) is 0 Å². The molecular weight excluding hydrogens is 352 g/mol. The Bertz CT molecular complexity index is 799. The molecule has 1 aliphatic heterocycles. The van der Waals surface area contributed by atoms with Gasteiger partial charge >= 0.3 is 0 Å². The molecule has 6 heteroatoms. The lowest BCUT2D eigenvalue weighted by Gasteiger charge is -2.30. The Hall–Kier alpha value is -2.27. The van der Waals surface area contributed by atoms with Gasteiger partial charge in [0.05, 0.1) is 18.2 Å². The van der Waals surface area contributed by atoms with E-state index in [0.29, 0.717) is 11.6 Å². The number of amides is 2. The van der Waals surface area contributed by atoms with E-state index in [1.165, 1.54) is 0 Å². The van der Waals surface area contributed by atoms with Crippen LogP contribution in [0.4, 0.5) is 5.69 Å². The topological polar surface area (TPSA) is 53.8 Å². The molecule has 2 aromatic rings. The number of nitrogens with zero attached hydrogens (tertiary/aromatic N) is 2. The normalized spacial score (nSPS) is 21.1. The van der Waals surface area contributed by atoms with Crippen molar-refractivity contribution in [3.05, 3.63) is 53.4 Å². The molecule has 1 saturated heterocycles. The van der Waals surface area contributed by atoms with Crippen LogP contribution in [-0.2, 0) is 9.59 Å². The number of halogens is 1. The minimum Gasteiger partial charge on any atom is -0.467 e. The van der Waals surface area contributed by atoms with Crippen molar-refractivity contribution in [2.75, 3.05) is 11.4 Å². The zero-order valence-corrected chi connectivity index (χ0v) is 15.4. The first-order valence-electron chi connectivity index (χ1n) is 8.96. The van der Waals surface area contributed by atoms with Gasteiger partial charge < -0.3 is 14.2 Å². The molecule has 2 aliphatic rings. The Morgan fingerprint density at radius 1 is 1.27 bits per heavy atom. The Morgan fingerprint density at radius 2 is 2.00 bits per heavy atom. The summed E-state index contributed by atoms with van der Waals surface area (Å²) in [4.78, 5) is 29.3. The van der Waals surface area contributed by atoms with E-state index >= 15 is 0 Å². The molecule has 4 rings (SSSR count). The monoisotopic (exact) mass is 372 g/mol. The van der Waals surface area contributed by atoms with E-state index in [1.807, 2.05) is 36.1 Å². The van der Waals surface area contributed by atoms with Crippen LogP contribution in [0.25, 0.3) is 0 Å². The van der Waals surface area contributed by atoms with E-state index in [9.17, 15) is 9.59 Å². The van der Waals surface area contributed by atoms with Crippen molar-refractivity contribution in [1.82, 2.24) is 4.90 Å². The maximum absolute atomic E-state index is 13.2. The third-order valence-electron chi connectivity index (χ3n) is 5.18. The number of hydrogen-bond acceptors (Lipinski definition) is 3. The molecule has 136 valence electrons. The fourth-order valence-corrected chi connectivity index (χ4v) is 3.79. The number of rotatable bonds is 5. The van der Waals surface area contributed by atoms with Crippen molar-refractivity contribution in [1.29, 1.82) is 0 Å². The quantitative estimate of drug-likeness (QED) is 0.796. The second kappa shape index (κ2) is 6.80. The molecule has 0 bridgehead atoms. The largest absolute Gasteiger partial charge is 0.467 e. The molecule has 26 heavy (non-hydrogen) atoms. The van der Waals surface area contributed by atoms with Crippen molar-refractivity contribution in [2.45, 2.75) is 38.3 Å². The van der Waals surface area contributed by atoms with Gasteiger partial charge in [0.2, 0.25) is 11.8 Å². The maximum atomic E-state index is 13.2. The third-order valence-corrected chi connectivity index (χ3v) is 5.43. The second-order valence-corrected chi connectivity index (χ2v) is 7.49. The van der Waals surface area contributed by atoms with Gasteiger partial charge in [-0.15, -0.1) is 0 Å². The first-order valence-corrected chi connectivity index (χ1v) is 9.34. The molecule has 1 aromatic carbocycles. The standard InChI is InChI=1S/C20H21ClN2O3/c1-13(18-3-2-10-26-18)23(17-8-9-17)20(25)14-11-19(24)22(12-14)16-6-4-15(21)5-7-16/h2-7,10,13-14,17H,8-9,11-12H2,1H3. The fourth-order valence-electron chi connectivity index (χ4n) is 3.66. The summed E-state index contributed by atoms with van der Waals surface area (Å²) >= 11 is 5.93. The van der Waals surface area contributed by atoms with Gasteiger partial charge in [-0.25, -0.2) is 0 Å². The zero-order valence-electron chi connectivity index (χ0n) is 14.6. The van der Waals surface area contributed by atoms with Gasteiger partial charge in [-0.3, -0.25) is 9.59 Å². The van der Waals surface area contributed by atoms with Gasteiger partial charge in [0, 0.05) is 29.7 Å². The summed E-state index contributed by atoms with van der Waals surface area (Å²) in [7, 11) is 0. The van der Waals surface area contributed by atoms with E-state index in [0.717, 1.165) is 24.3 Å². The SMILES string of the molecule is CC(c1ccco1)N(C(=O)C1CC(=O)N(c2ccc(Cl)cc2)C1)C1CC1. The van der Waals surface area contributed by atoms with Crippen LogP contribution >= 0.6 is 11.6 Å². The van der Waals surface area contributed by atoms with Crippen molar-refractivity contribution in [3.63, 3.8) is 0 Å². The third kappa shape index (κ3) is 3.23. The summed E-state index contributed by atoms with van der Waals surface area (Å²) in [5.41, 5.74) is 0.784. The average molecular weight is 373 g/mol. The van der Waals surface area contributed by atoms with E-state index in [4.69, 9.17) is 16.0 Å². The van der Waals surface area contributed by atoms with Crippen molar-refractivity contribution in [2.24, 2.45) is 5.92 Å². The van der Waals surface area contributed by atoms with Crippen LogP contribution in [0.15, 0.2) is 47.1 Å². The van der Waals surface area contributed by atoms with Crippen LogP contribution in [0.1, 0.15) is 38.0 Å². The minimum absolute atomic E-state index is 0.0212. The average Bonchev–Trinajstić information content (AvgIpc) is 3.16. The molecule has 0 N–H and O–H groups in total. The van der Waals surface area contributed by atoms with Crippen LogP contribution in [-0.4, -0.2) is 29.3 Å². The zero-order chi connectivity index (χ0) is 18.3. The molecule has 2 atom stereocenters. The maximum Gasteiger partial charge on any atom is 0.228 e. The number of carbonyl (C=O) groups excluding carboxylic acids is 2. The molecule has 2 fully saturated rings. The number of furan rings is 1. The first-order chi connectivity index (χ1) is 12.5. The molecular formula is C20H21ClN2O3. The highest BCUT2D eigenvalue weighted by atomic mass is 35.5. The highest BCUT2D eigenvalue weighted by molar-refractivity contribution is 6.30. The highest BCUT2D eigenvalue weighted by Crippen LogP contribution is 2.37. The molecule has 1 aliphatic carbocycles. The van der Waals surface area contributed by atoms with Crippen LogP contribution in [0, 0.1) is 5.92 Å². The Labute approximate surface area is 157 Å². The summed E-state index contributed by atoms with van der Waals surface area (Å²) in [6.07, 6.45) is 3.90. The van der Waals surface area contributed by atoms with E-state index < -0.39 is 0 Å². The number of anilines is 1. The minimum atomic E-state index is -0.323. The van der Waals surface area contributed by atoms with Gasteiger partial charge in [-0.05, 0) is 56.2 Å². The molecule has 1 saturated carbocycles. The van der Waals surface area contributed by atoms with Crippen LogP contribution in [0.2, 0.25) is 5.02 Å². The van der Waals surface area contributed by atoms with Crippen LogP contribution < -0.4 is 4.90 Å². The Kier molecular flexibility index (Phi) is 4.49. The summed E-state index contributed by atoms with van der Waals surface area (Å²) in [5, 5.41) is 0.625. The Balaban J connectivity index is 1.52. The first kappa shape index (κ1) is 17.2. The van der Waals surface area contributed by atoms with E-state index in [1.54, 1.807) is 23.3 Å². The molecule has 2 heterocycles. The molecule has 2 amide bonds. The van der Waals surface area contributed by atoms with Crippen molar-refractivity contribution in [3.8, 4) is 0 Å². The molecule has 1 aromatic heterocycles. The lowest BCUT2D eigenvalue weighted by atomic mass is 10.0. The Morgan fingerprint density at radius 3 is 2.62 bits per heavy atom. The molecule has 0 spiro atoms. The van der Waals surface area contributed by atoms with Gasteiger partial charge in [-0.1, -0.05) is 11.6 Å². The number of carbonyl (C=O) groups is 2. The number of benzene rings is 1. The lowest BCUT2D eigenvalue weighted by Crippen LogP contribution is -2.40.